The van der Waals surface area contributed by atoms with Crippen LogP contribution in [0, 0.1) is 5.92 Å². The largest absolute Gasteiger partial charge is 0.388 e. The Morgan fingerprint density at radius 1 is 1.73 bits per heavy atom. The Labute approximate surface area is 94.5 Å². The van der Waals surface area contributed by atoms with Crippen molar-refractivity contribution < 1.29 is 5.11 Å². The summed E-state index contributed by atoms with van der Waals surface area (Å²) in [4.78, 5) is 5.34. The van der Waals surface area contributed by atoms with E-state index in [-0.39, 0.29) is 6.10 Å². The lowest BCUT2D eigenvalue weighted by Crippen LogP contribution is -2.30. The Bertz CT molecular complexity index is 305. The molecule has 0 bridgehead atoms. The second-order valence-corrected chi connectivity index (χ2v) is 5.40. The zero-order valence-electron chi connectivity index (χ0n) is 9.07. The van der Waals surface area contributed by atoms with Crippen molar-refractivity contribution in [2.45, 2.75) is 32.3 Å². The highest BCUT2D eigenvalue weighted by Gasteiger charge is 2.16. The zero-order chi connectivity index (χ0) is 10.7. The molecule has 1 aromatic heterocycles. The van der Waals surface area contributed by atoms with E-state index in [0.717, 1.165) is 30.3 Å². The quantitative estimate of drug-likeness (QED) is 0.825. The van der Waals surface area contributed by atoms with E-state index in [0.29, 0.717) is 0 Å². The van der Waals surface area contributed by atoms with Gasteiger partial charge in [0.15, 0.2) is 0 Å². The summed E-state index contributed by atoms with van der Waals surface area (Å²) < 4.78 is 0. The van der Waals surface area contributed by atoms with Crippen molar-refractivity contribution in [3.8, 4) is 0 Å². The molecule has 0 aromatic carbocycles. The van der Waals surface area contributed by atoms with Gasteiger partial charge < -0.3 is 10.4 Å². The Balaban J connectivity index is 1.91. The molecule has 2 N–H and O–H groups in total. The van der Waals surface area contributed by atoms with Gasteiger partial charge >= 0.3 is 0 Å². The van der Waals surface area contributed by atoms with Gasteiger partial charge in [-0.05, 0) is 38.8 Å². The molecule has 0 amide bonds. The molecule has 3 nitrogen and oxygen atoms in total. The number of hydrogen-bond acceptors (Lipinski definition) is 4. The molecule has 4 heteroatoms. The summed E-state index contributed by atoms with van der Waals surface area (Å²) in [6.07, 6.45) is 5.07. The van der Waals surface area contributed by atoms with Gasteiger partial charge in [0.25, 0.3) is 0 Å². The minimum Gasteiger partial charge on any atom is -0.388 e. The Morgan fingerprint density at radius 3 is 3.20 bits per heavy atom. The molecule has 2 rings (SSSR count). The molecule has 0 radical (unpaired) electrons. The maximum Gasteiger partial charge on any atom is 0.0931 e. The SMILES string of the molecule is CC(O)c1cnc(CC2CCCNC2)s1. The maximum absolute atomic E-state index is 9.40. The second-order valence-electron chi connectivity index (χ2n) is 4.25. The van der Waals surface area contributed by atoms with Crippen LogP contribution in [0.4, 0.5) is 0 Å². The summed E-state index contributed by atoms with van der Waals surface area (Å²) in [5.41, 5.74) is 0. The fourth-order valence-electron chi connectivity index (χ4n) is 1.96. The molecule has 2 unspecified atom stereocenters. The normalized spacial score (nSPS) is 24.0. The third-order valence-corrected chi connectivity index (χ3v) is 4.04. The number of aromatic nitrogens is 1. The van der Waals surface area contributed by atoms with E-state index in [1.807, 2.05) is 0 Å². The molecule has 1 fully saturated rings. The van der Waals surface area contributed by atoms with Gasteiger partial charge in [-0.1, -0.05) is 0 Å². The molecule has 2 heterocycles. The Kier molecular flexibility index (Phi) is 3.72. The minimum atomic E-state index is -0.374. The van der Waals surface area contributed by atoms with E-state index < -0.39 is 0 Å². The number of thiazole rings is 1. The molecule has 2 atom stereocenters. The highest BCUT2D eigenvalue weighted by atomic mass is 32.1. The topological polar surface area (TPSA) is 45.2 Å². The molecular weight excluding hydrogens is 208 g/mol. The van der Waals surface area contributed by atoms with Crippen LogP contribution < -0.4 is 5.32 Å². The molecule has 0 saturated carbocycles. The standard InChI is InChI=1S/C11H18N2OS/c1-8(14)10-7-13-11(15-10)5-9-3-2-4-12-6-9/h7-9,12,14H,2-6H2,1H3. The van der Waals surface area contributed by atoms with Crippen LogP contribution in [0.5, 0.6) is 0 Å². The molecule has 1 aromatic rings. The lowest BCUT2D eigenvalue weighted by Gasteiger charge is -2.21. The van der Waals surface area contributed by atoms with Gasteiger partial charge in [0.2, 0.25) is 0 Å². The van der Waals surface area contributed by atoms with Crippen LogP contribution in [-0.4, -0.2) is 23.2 Å². The summed E-state index contributed by atoms with van der Waals surface area (Å²) in [5.74, 6) is 0.728. The van der Waals surface area contributed by atoms with Crippen molar-refractivity contribution in [2.75, 3.05) is 13.1 Å². The predicted molar refractivity (Wildman–Crippen MR) is 62.0 cm³/mol. The summed E-state index contributed by atoms with van der Waals surface area (Å²) in [5, 5.41) is 14.0. The Hall–Kier alpha value is -0.450. The summed E-state index contributed by atoms with van der Waals surface area (Å²) in [6.45, 7) is 4.07. The lowest BCUT2D eigenvalue weighted by molar-refractivity contribution is 0.203. The van der Waals surface area contributed by atoms with E-state index >= 15 is 0 Å². The fourth-order valence-corrected chi connectivity index (χ4v) is 2.93. The highest BCUT2D eigenvalue weighted by Crippen LogP contribution is 2.24. The highest BCUT2D eigenvalue weighted by molar-refractivity contribution is 7.11. The molecule has 1 aliphatic heterocycles. The van der Waals surface area contributed by atoms with Crippen molar-refractivity contribution in [3.63, 3.8) is 0 Å². The van der Waals surface area contributed by atoms with Gasteiger partial charge in [-0.15, -0.1) is 11.3 Å². The van der Waals surface area contributed by atoms with Crippen LogP contribution in [0.1, 0.15) is 35.8 Å². The van der Waals surface area contributed by atoms with E-state index in [1.165, 1.54) is 17.8 Å². The van der Waals surface area contributed by atoms with Crippen LogP contribution in [-0.2, 0) is 6.42 Å². The minimum absolute atomic E-state index is 0.374. The van der Waals surface area contributed by atoms with Gasteiger partial charge in [0, 0.05) is 12.6 Å². The van der Waals surface area contributed by atoms with Gasteiger partial charge in [0.1, 0.15) is 0 Å². The number of nitrogens with zero attached hydrogens (tertiary/aromatic N) is 1. The summed E-state index contributed by atoms with van der Waals surface area (Å²) >= 11 is 1.65. The smallest absolute Gasteiger partial charge is 0.0931 e. The average molecular weight is 226 g/mol. The van der Waals surface area contributed by atoms with Gasteiger partial charge in [-0.25, -0.2) is 4.98 Å². The van der Waals surface area contributed by atoms with E-state index in [2.05, 4.69) is 10.3 Å². The number of aliphatic hydroxyl groups excluding tert-OH is 1. The first-order chi connectivity index (χ1) is 7.25. The van der Waals surface area contributed by atoms with Gasteiger partial charge in [-0.2, -0.15) is 0 Å². The third-order valence-electron chi connectivity index (χ3n) is 2.85. The molecule has 84 valence electrons. The van der Waals surface area contributed by atoms with Gasteiger partial charge in [0.05, 0.1) is 16.0 Å². The molecule has 0 aliphatic carbocycles. The number of aliphatic hydroxyl groups is 1. The van der Waals surface area contributed by atoms with Crippen molar-refractivity contribution >= 4 is 11.3 Å². The van der Waals surface area contributed by atoms with Crippen LogP contribution in [0.15, 0.2) is 6.20 Å². The number of nitrogens with one attached hydrogen (secondary N) is 1. The molecule has 1 saturated heterocycles. The van der Waals surface area contributed by atoms with Crippen molar-refractivity contribution in [1.29, 1.82) is 0 Å². The van der Waals surface area contributed by atoms with E-state index in [1.54, 1.807) is 24.5 Å². The van der Waals surface area contributed by atoms with Crippen LogP contribution in [0.3, 0.4) is 0 Å². The predicted octanol–water partition coefficient (Wildman–Crippen LogP) is 1.74. The maximum atomic E-state index is 9.40. The number of piperidine rings is 1. The van der Waals surface area contributed by atoms with Crippen molar-refractivity contribution in [3.05, 3.63) is 16.1 Å². The zero-order valence-corrected chi connectivity index (χ0v) is 9.89. The molecular formula is C11H18N2OS. The van der Waals surface area contributed by atoms with Gasteiger partial charge in [-0.3, -0.25) is 0 Å². The third kappa shape index (κ3) is 3.00. The summed E-state index contributed by atoms with van der Waals surface area (Å²) in [6, 6.07) is 0. The van der Waals surface area contributed by atoms with Crippen LogP contribution in [0.25, 0.3) is 0 Å². The van der Waals surface area contributed by atoms with Crippen molar-refractivity contribution in [2.24, 2.45) is 5.92 Å². The molecule has 1 aliphatic rings. The second kappa shape index (κ2) is 5.05. The first-order valence-corrected chi connectivity index (χ1v) is 6.40. The average Bonchev–Trinajstić information content (AvgIpc) is 2.68. The number of rotatable bonds is 3. The van der Waals surface area contributed by atoms with Crippen LogP contribution >= 0.6 is 11.3 Å². The molecule has 15 heavy (non-hydrogen) atoms. The first-order valence-electron chi connectivity index (χ1n) is 5.59. The number of hydrogen-bond donors (Lipinski definition) is 2. The monoisotopic (exact) mass is 226 g/mol. The summed E-state index contributed by atoms with van der Waals surface area (Å²) in [7, 11) is 0. The fraction of sp³-hybridized carbons (Fsp3) is 0.727. The first kappa shape index (κ1) is 11.0. The Morgan fingerprint density at radius 2 is 2.60 bits per heavy atom. The van der Waals surface area contributed by atoms with Crippen molar-refractivity contribution in [1.82, 2.24) is 10.3 Å². The lowest BCUT2D eigenvalue weighted by atomic mass is 9.97. The van der Waals surface area contributed by atoms with Crippen LogP contribution in [0.2, 0.25) is 0 Å². The van der Waals surface area contributed by atoms with E-state index in [9.17, 15) is 5.11 Å². The van der Waals surface area contributed by atoms with E-state index in [4.69, 9.17) is 0 Å². The molecule has 0 spiro atoms.